The molecule has 0 amide bonds. The van der Waals surface area contributed by atoms with E-state index >= 15 is 0 Å². The van der Waals surface area contributed by atoms with Gasteiger partial charge in [0.1, 0.15) is 5.82 Å². The van der Waals surface area contributed by atoms with Gasteiger partial charge in [-0.25, -0.2) is 9.97 Å². The summed E-state index contributed by atoms with van der Waals surface area (Å²) in [6.07, 6.45) is 4.41. The molecule has 0 aliphatic carbocycles. The van der Waals surface area contributed by atoms with E-state index in [4.69, 9.17) is 4.98 Å². The summed E-state index contributed by atoms with van der Waals surface area (Å²) in [6.45, 7) is 2.22. The lowest BCUT2D eigenvalue weighted by Crippen LogP contribution is -2.27. The molecule has 0 saturated carbocycles. The van der Waals surface area contributed by atoms with Crippen LogP contribution in [-0.2, 0) is 11.5 Å². The molecule has 1 aromatic heterocycles. The van der Waals surface area contributed by atoms with Crippen LogP contribution >= 0.6 is 11.8 Å². The minimum atomic E-state index is 0.585. The Labute approximate surface area is 94.1 Å². The van der Waals surface area contributed by atoms with Crippen molar-refractivity contribution in [3.05, 3.63) is 23.3 Å². The first kappa shape index (κ1) is 9.60. The van der Waals surface area contributed by atoms with Gasteiger partial charge < -0.3 is 5.32 Å². The first-order chi connectivity index (χ1) is 7.43. The van der Waals surface area contributed by atoms with Gasteiger partial charge in [-0.2, -0.15) is 11.8 Å². The zero-order valence-corrected chi connectivity index (χ0v) is 9.52. The topological polar surface area (TPSA) is 37.8 Å². The Morgan fingerprint density at radius 3 is 3.00 bits per heavy atom. The first-order valence-corrected chi connectivity index (χ1v) is 6.72. The SMILES string of the molecule is c1nc(C2CCNCC2)nc2c1CSC2. The van der Waals surface area contributed by atoms with Crippen molar-refractivity contribution in [2.24, 2.45) is 0 Å². The van der Waals surface area contributed by atoms with Crippen LogP contribution in [0.5, 0.6) is 0 Å². The molecule has 1 saturated heterocycles. The molecule has 3 nitrogen and oxygen atoms in total. The van der Waals surface area contributed by atoms with Gasteiger partial charge in [-0.1, -0.05) is 0 Å². The highest BCUT2D eigenvalue weighted by molar-refractivity contribution is 7.98. The maximum atomic E-state index is 4.72. The van der Waals surface area contributed by atoms with E-state index in [1.165, 1.54) is 24.1 Å². The molecule has 4 heteroatoms. The Balaban J connectivity index is 1.85. The lowest BCUT2D eigenvalue weighted by Gasteiger charge is -2.21. The van der Waals surface area contributed by atoms with Gasteiger partial charge in [0.2, 0.25) is 0 Å². The smallest absolute Gasteiger partial charge is 0.131 e. The van der Waals surface area contributed by atoms with Crippen LogP contribution in [0.15, 0.2) is 6.20 Å². The highest BCUT2D eigenvalue weighted by atomic mass is 32.2. The Bertz CT molecular complexity index is 361. The fraction of sp³-hybridized carbons (Fsp3) is 0.636. The van der Waals surface area contributed by atoms with Gasteiger partial charge in [0, 0.05) is 29.2 Å². The molecule has 0 bridgehead atoms. The number of piperidine rings is 1. The van der Waals surface area contributed by atoms with E-state index in [0.717, 1.165) is 30.4 Å². The minimum Gasteiger partial charge on any atom is -0.317 e. The van der Waals surface area contributed by atoms with Crippen molar-refractivity contribution in [3.63, 3.8) is 0 Å². The maximum absolute atomic E-state index is 4.72. The van der Waals surface area contributed by atoms with Gasteiger partial charge in [-0.3, -0.25) is 0 Å². The fourth-order valence-corrected chi connectivity index (χ4v) is 3.24. The van der Waals surface area contributed by atoms with Crippen LogP contribution in [0.1, 0.15) is 35.8 Å². The van der Waals surface area contributed by atoms with Gasteiger partial charge in [-0.15, -0.1) is 0 Å². The average molecular weight is 221 g/mol. The summed E-state index contributed by atoms with van der Waals surface area (Å²) in [7, 11) is 0. The monoisotopic (exact) mass is 221 g/mol. The van der Waals surface area contributed by atoms with E-state index in [9.17, 15) is 0 Å². The van der Waals surface area contributed by atoms with Crippen LogP contribution in [0, 0.1) is 0 Å². The Morgan fingerprint density at radius 2 is 2.13 bits per heavy atom. The molecule has 0 atom stereocenters. The second-order valence-corrected chi connectivity index (χ2v) is 5.20. The largest absolute Gasteiger partial charge is 0.317 e. The molecule has 1 N–H and O–H groups in total. The number of nitrogens with one attached hydrogen (secondary N) is 1. The molecule has 2 aliphatic heterocycles. The second-order valence-electron chi connectivity index (χ2n) is 4.22. The lowest BCUT2D eigenvalue weighted by atomic mass is 9.97. The van der Waals surface area contributed by atoms with Crippen molar-refractivity contribution >= 4 is 11.8 Å². The molecule has 0 spiro atoms. The Kier molecular flexibility index (Phi) is 2.63. The van der Waals surface area contributed by atoms with E-state index < -0.39 is 0 Å². The summed E-state index contributed by atoms with van der Waals surface area (Å²) in [5.41, 5.74) is 2.63. The molecule has 0 unspecified atom stereocenters. The number of nitrogens with zero attached hydrogens (tertiary/aromatic N) is 2. The third-order valence-corrected chi connectivity index (χ3v) is 4.17. The standard InChI is InChI=1S/C11H15N3S/c1-3-12-4-2-8(1)11-13-5-9-6-15-7-10(9)14-11/h5,8,12H,1-4,6-7H2. The van der Waals surface area contributed by atoms with Crippen LogP contribution < -0.4 is 5.32 Å². The fourth-order valence-electron chi connectivity index (χ4n) is 2.24. The zero-order chi connectivity index (χ0) is 10.1. The molecule has 0 radical (unpaired) electrons. The summed E-state index contributed by atoms with van der Waals surface area (Å²) in [5.74, 6) is 3.84. The van der Waals surface area contributed by atoms with E-state index in [1.54, 1.807) is 0 Å². The van der Waals surface area contributed by atoms with Crippen molar-refractivity contribution in [1.82, 2.24) is 15.3 Å². The van der Waals surface area contributed by atoms with E-state index in [1.807, 2.05) is 18.0 Å². The van der Waals surface area contributed by atoms with Crippen LogP contribution in [-0.4, -0.2) is 23.1 Å². The van der Waals surface area contributed by atoms with Crippen LogP contribution in [0.2, 0.25) is 0 Å². The molecule has 2 aliphatic rings. The molecular formula is C11H15N3S. The molecule has 0 aromatic carbocycles. The molecule has 1 aromatic rings. The number of aromatic nitrogens is 2. The number of rotatable bonds is 1. The van der Waals surface area contributed by atoms with Crippen molar-refractivity contribution in [2.75, 3.05) is 13.1 Å². The molecule has 80 valence electrons. The van der Waals surface area contributed by atoms with Crippen molar-refractivity contribution in [2.45, 2.75) is 30.3 Å². The second kappa shape index (κ2) is 4.10. The summed E-state index contributed by atoms with van der Waals surface area (Å²) in [5, 5.41) is 3.38. The van der Waals surface area contributed by atoms with Crippen LogP contribution in [0.3, 0.4) is 0 Å². The number of thioether (sulfide) groups is 1. The third kappa shape index (κ3) is 1.88. The average Bonchev–Trinajstić information content (AvgIpc) is 2.77. The lowest BCUT2D eigenvalue weighted by molar-refractivity contribution is 0.444. The third-order valence-electron chi connectivity index (χ3n) is 3.17. The van der Waals surface area contributed by atoms with E-state index in [2.05, 4.69) is 10.3 Å². The normalized spacial score (nSPS) is 21.6. The number of hydrogen-bond acceptors (Lipinski definition) is 4. The molecule has 1 fully saturated rings. The van der Waals surface area contributed by atoms with E-state index in [-0.39, 0.29) is 0 Å². The minimum absolute atomic E-state index is 0.585. The van der Waals surface area contributed by atoms with Crippen LogP contribution in [0.4, 0.5) is 0 Å². The maximum Gasteiger partial charge on any atom is 0.131 e. The number of hydrogen-bond donors (Lipinski definition) is 1. The van der Waals surface area contributed by atoms with Gasteiger partial charge in [0.25, 0.3) is 0 Å². The van der Waals surface area contributed by atoms with Crippen LogP contribution in [0.25, 0.3) is 0 Å². The van der Waals surface area contributed by atoms with Gasteiger partial charge in [-0.05, 0) is 25.9 Å². The Morgan fingerprint density at radius 1 is 1.27 bits per heavy atom. The first-order valence-electron chi connectivity index (χ1n) is 5.56. The highest BCUT2D eigenvalue weighted by Gasteiger charge is 2.20. The summed E-state index contributed by atoms with van der Waals surface area (Å²) >= 11 is 1.94. The Hall–Kier alpha value is -0.610. The van der Waals surface area contributed by atoms with Crippen molar-refractivity contribution in [1.29, 1.82) is 0 Å². The quantitative estimate of drug-likeness (QED) is 0.783. The predicted octanol–water partition coefficient (Wildman–Crippen LogP) is 1.69. The summed E-state index contributed by atoms with van der Waals surface area (Å²) in [6, 6.07) is 0. The van der Waals surface area contributed by atoms with Gasteiger partial charge in [0.15, 0.2) is 0 Å². The number of fused-ring (bicyclic) bond motifs is 1. The van der Waals surface area contributed by atoms with Gasteiger partial charge >= 0.3 is 0 Å². The molecule has 3 heterocycles. The molecular weight excluding hydrogens is 206 g/mol. The summed E-state index contributed by atoms with van der Waals surface area (Å²) in [4.78, 5) is 9.24. The van der Waals surface area contributed by atoms with Gasteiger partial charge in [0.05, 0.1) is 5.69 Å². The highest BCUT2D eigenvalue weighted by Crippen LogP contribution is 2.30. The summed E-state index contributed by atoms with van der Waals surface area (Å²) < 4.78 is 0. The zero-order valence-electron chi connectivity index (χ0n) is 8.70. The predicted molar refractivity (Wildman–Crippen MR) is 61.9 cm³/mol. The van der Waals surface area contributed by atoms with Crippen molar-refractivity contribution in [3.8, 4) is 0 Å². The van der Waals surface area contributed by atoms with E-state index in [0.29, 0.717) is 5.92 Å². The van der Waals surface area contributed by atoms with Crippen molar-refractivity contribution < 1.29 is 0 Å². The molecule has 3 rings (SSSR count). The molecule has 15 heavy (non-hydrogen) atoms.